The van der Waals surface area contributed by atoms with Crippen molar-refractivity contribution in [3.8, 4) is 0 Å². The van der Waals surface area contributed by atoms with Gasteiger partial charge in [0, 0.05) is 19.3 Å². The fraction of sp³-hybridized carbons (Fsp3) is 0.400. The Hall–Kier alpha value is -0.930. The van der Waals surface area contributed by atoms with E-state index in [1.165, 1.54) is 7.11 Å². The van der Waals surface area contributed by atoms with Crippen molar-refractivity contribution in [3.63, 3.8) is 0 Å². The molecule has 0 heterocycles. The van der Waals surface area contributed by atoms with Gasteiger partial charge < -0.3 is 9.84 Å². The zero-order valence-electron chi connectivity index (χ0n) is 7.59. The van der Waals surface area contributed by atoms with Crippen LogP contribution in [0.25, 0.3) is 0 Å². The first-order valence-corrected chi connectivity index (χ1v) is 4.15. The molecule has 0 saturated carbocycles. The molecule has 0 aromatic heterocycles. The van der Waals surface area contributed by atoms with Crippen molar-refractivity contribution in [2.45, 2.75) is 13.0 Å². The van der Waals surface area contributed by atoms with Crippen LogP contribution in [0.2, 0.25) is 0 Å². The molecule has 72 valence electrons. The Kier molecular flexibility index (Phi) is 3.86. The summed E-state index contributed by atoms with van der Waals surface area (Å²) in [5, 5.41) is 8.67. The fourth-order valence-electron chi connectivity index (χ4n) is 1.21. The third-order valence-corrected chi connectivity index (χ3v) is 1.84. The molecule has 1 aromatic carbocycles. The van der Waals surface area contributed by atoms with Crippen LogP contribution in [0.4, 0.5) is 4.39 Å². The minimum absolute atomic E-state index is 0.0344. The highest BCUT2D eigenvalue weighted by atomic mass is 19.1. The van der Waals surface area contributed by atoms with E-state index in [9.17, 15) is 4.39 Å². The number of rotatable bonds is 4. The number of ether oxygens (including phenoxy) is 1. The van der Waals surface area contributed by atoms with Crippen LogP contribution >= 0.6 is 0 Å². The van der Waals surface area contributed by atoms with Gasteiger partial charge >= 0.3 is 0 Å². The summed E-state index contributed by atoms with van der Waals surface area (Å²) in [6.07, 6.45) is 0.351. The maximum absolute atomic E-state index is 13.5. The van der Waals surface area contributed by atoms with Crippen molar-refractivity contribution in [1.29, 1.82) is 0 Å². The minimum Gasteiger partial charge on any atom is -0.396 e. The third kappa shape index (κ3) is 2.50. The Balaban J connectivity index is 2.89. The Bertz CT molecular complexity index is 249. The highest BCUT2D eigenvalue weighted by molar-refractivity contribution is 5.25. The number of aliphatic hydroxyl groups excluding tert-OH is 1. The molecule has 0 aliphatic rings. The van der Waals surface area contributed by atoms with E-state index in [1.807, 2.05) is 0 Å². The van der Waals surface area contributed by atoms with E-state index in [4.69, 9.17) is 9.84 Å². The van der Waals surface area contributed by atoms with E-state index in [1.54, 1.807) is 18.2 Å². The molecule has 1 aromatic rings. The summed E-state index contributed by atoms with van der Waals surface area (Å²) in [5.74, 6) is -0.265. The van der Waals surface area contributed by atoms with Gasteiger partial charge in [-0.15, -0.1) is 0 Å². The second kappa shape index (κ2) is 4.94. The van der Waals surface area contributed by atoms with Crippen molar-refractivity contribution < 1.29 is 14.2 Å². The Labute approximate surface area is 77.0 Å². The van der Waals surface area contributed by atoms with Crippen molar-refractivity contribution in [2.75, 3.05) is 13.7 Å². The number of benzene rings is 1. The molecular weight excluding hydrogens is 171 g/mol. The van der Waals surface area contributed by atoms with Gasteiger partial charge in [-0.05, 0) is 12.0 Å². The number of hydrogen-bond donors (Lipinski definition) is 1. The predicted molar refractivity (Wildman–Crippen MR) is 47.9 cm³/mol. The van der Waals surface area contributed by atoms with Crippen LogP contribution in [0.15, 0.2) is 18.2 Å². The summed E-state index contributed by atoms with van der Waals surface area (Å²) in [4.78, 5) is 0. The summed E-state index contributed by atoms with van der Waals surface area (Å²) < 4.78 is 18.3. The van der Waals surface area contributed by atoms with Gasteiger partial charge in [-0.3, -0.25) is 0 Å². The zero-order chi connectivity index (χ0) is 9.68. The first kappa shape index (κ1) is 10.2. The maximum Gasteiger partial charge on any atom is 0.131 e. The first-order valence-electron chi connectivity index (χ1n) is 4.15. The molecular formula is C10H13FO2. The molecule has 0 amide bonds. The van der Waals surface area contributed by atoms with E-state index in [0.29, 0.717) is 17.5 Å². The molecule has 0 aliphatic heterocycles. The topological polar surface area (TPSA) is 29.5 Å². The van der Waals surface area contributed by atoms with Gasteiger partial charge in [0.25, 0.3) is 0 Å². The van der Waals surface area contributed by atoms with Crippen LogP contribution in [-0.2, 0) is 17.8 Å². The molecule has 1 N–H and O–H groups in total. The van der Waals surface area contributed by atoms with E-state index < -0.39 is 0 Å². The SMILES string of the molecule is COCc1cccc(CCO)c1F. The van der Waals surface area contributed by atoms with Crippen molar-refractivity contribution in [1.82, 2.24) is 0 Å². The molecule has 0 fully saturated rings. The van der Waals surface area contributed by atoms with Gasteiger partial charge in [0.05, 0.1) is 6.61 Å². The summed E-state index contributed by atoms with van der Waals surface area (Å²) in [6, 6.07) is 5.12. The van der Waals surface area contributed by atoms with Gasteiger partial charge in [0.2, 0.25) is 0 Å². The van der Waals surface area contributed by atoms with Crippen molar-refractivity contribution >= 4 is 0 Å². The average molecular weight is 184 g/mol. The quantitative estimate of drug-likeness (QED) is 0.768. The summed E-state index contributed by atoms with van der Waals surface area (Å²) in [7, 11) is 1.53. The van der Waals surface area contributed by atoms with Gasteiger partial charge in [0.1, 0.15) is 5.82 Å². The first-order chi connectivity index (χ1) is 6.29. The lowest BCUT2D eigenvalue weighted by Crippen LogP contribution is -2.00. The van der Waals surface area contributed by atoms with E-state index in [2.05, 4.69) is 0 Å². The Morgan fingerprint density at radius 3 is 2.69 bits per heavy atom. The lowest BCUT2D eigenvalue weighted by atomic mass is 10.1. The highest BCUT2D eigenvalue weighted by Gasteiger charge is 2.06. The lowest BCUT2D eigenvalue weighted by molar-refractivity contribution is 0.181. The average Bonchev–Trinajstić information content (AvgIpc) is 2.13. The van der Waals surface area contributed by atoms with Crippen molar-refractivity contribution in [2.24, 2.45) is 0 Å². The van der Waals surface area contributed by atoms with Gasteiger partial charge in [0.15, 0.2) is 0 Å². The lowest BCUT2D eigenvalue weighted by Gasteiger charge is -2.05. The van der Waals surface area contributed by atoms with Crippen LogP contribution in [0, 0.1) is 5.82 Å². The van der Waals surface area contributed by atoms with Crippen molar-refractivity contribution in [3.05, 3.63) is 35.1 Å². The van der Waals surface area contributed by atoms with E-state index >= 15 is 0 Å². The molecule has 0 spiro atoms. The van der Waals surface area contributed by atoms with Crippen LogP contribution in [0.1, 0.15) is 11.1 Å². The molecule has 0 saturated heterocycles. The number of methoxy groups -OCH3 is 1. The van der Waals surface area contributed by atoms with Crippen LogP contribution < -0.4 is 0 Å². The second-order valence-corrected chi connectivity index (χ2v) is 2.80. The maximum atomic E-state index is 13.5. The molecule has 0 aliphatic carbocycles. The Morgan fingerprint density at radius 2 is 2.08 bits per heavy atom. The summed E-state index contributed by atoms with van der Waals surface area (Å²) in [6.45, 7) is 0.235. The highest BCUT2D eigenvalue weighted by Crippen LogP contribution is 2.13. The van der Waals surface area contributed by atoms with Crippen LogP contribution in [0.3, 0.4) is 0 Å². The molecule has 0 unspecified atom stereocenters. The smallest absolute Gasteiger partial charge is 0.131 e. The normalized spacial score (nSPS) is 10.4. The molecule has 1 rings (SSSR count). The molecule has 0 atom stereocenters. The fourth-order valence-corrected chi connectivity index (χ4v) is 1.21. The number of hydrogen-bond acceptors (Lipinski definition) is 2. The standard InChI is InChI=1S/C10H13FO2/c1-13-7-9-4-2-3-8(5-6-12)10(9)11/h2-4,12H,5-7H2,1H3. The minimum atomic E-state index is -0.265. The molecule has 2 nitrogen and oxygen atoms in total. The molecule has 13 heavy (non-hydrogen) atoms. The largest absolute Gasteiger partial charge is 0.396 e. The van der Waals surface area contributed by atoms with Crippen LogP contribution in [-0.4, -0.2) is 18.8 Å². The predicted octanol–water partition coefficient (Wildman–Crippen LogP) is 1.51. The third-order valence-electron chi connectivity index (χ3n) is 1.84. The second-order valence-electron chi connectivity index (χ2n) is 2.80. The number of aliphatic hydroxyl groups is 1. The molecule has 3 heteroatoms. The van der Waals surface area contributed by atoms with E-state index in [0.717, 1.165) is 0 Å². The van der Waals surface area contributed by atoms with Gasteiger partial charge in [-0.25, -0.2) is 4.39 Å². The summed E-state index contributed by atoms with van der Waals surface area (Å²) >= 11 is 0. The number of halogens is 1. The summed E-state index contributed by atoms with van der Waals surface area (Å²) in [5.41, 5.74) is 1.07. The Morgan fingerprint density at radius 1 is 1.38 bits per heavy atom. The van der Waals surface area contributed by atoms with Gasteiger partial charge in [-0.1, -0.05) is 18.2 Å². The molecule has 0 bridgehead atoms. The van der Waals surface area contributed by atoms with Gasteiger partial charge in [-0.2, -0.15) is 0 Å². The monoisotopic (exact) mass is 184 g/mol. The molecule has 0 radical (unpaired) electrons. The van der Waals surface area contributed by atoms with Crippen LogP contribution in [0.5, 0.6) is 0 Å². The van der Waals surface area contributed by atoms with E-state index in [-0.39, 0.29) is 19.0 Å². The zero-order valence-corrected chi connectivity index (χ0v) is 7.59.